The van der Waals surface area contributed by atoms with Crippen molar-refractivity contribution in [2.75, 3.05) is 9.80 Å². The number of nitrogens with zero attached hydrogens (tertiary/aromatic N) is 3. The normalized spacial score (nSPS) is 13.3. The van der Waals surface area contributed by atoms with Crippen molar-refractivity contribution in [2.24, 2.45) is 0 Å². The first-order valence-corrected chi connectivity index (χ1v) is 14.3. The molecule has 0 spiro atoms. The van der Waals surface area contributed by atoms with E-state index in [-0.39, 0.29) is 6.71 Å². The van der Waals surface area contributed by atoms with Crippen LogP contribution in [0.2, 0.25) is 0 Å². The highest BCUT2D eigenvalue weighted by molar-refractivity contribution is 6.99. The van der Waals surface area contributed by atoms with Crippen LogP contribution in [-0.4, -0.2) is 6.71 Å². The molecule has 0 N–H and O–H groups in total. The third-order valence-corrected chi connectivity index (χ3v) is 8.52. The zero-order chi connectivity index (χ0) is 28.5. The second kappa shape index (κ2) is 9.04. The molecule has 0 amide bonds. The third-order valence-electron chi connectivity index (χ3n) is 8.52. The predicted molar refractivity (Wildman–Crippen MR) is 172 cm³/mol. The lowest BCUT2D eigenvalue weighted by Crippen LogP contribution is -2.59. The Morgan fingerprint density at radius 1 is 0.535 bits per heavy atom. The Morgan fingerprint density at radius 3 is 1.98 bits per heavy atom. The number of benzene rings is 6. The van der Waals surface area contributed by atoms with Gasteiger partial charge in [-0.25, -0.2) is 0 Å². The Morgan fingerprint density at radius 2 is 1.19 bits per heavy atom. The molecule has 0 fully saturated rings. The topological polar surface area (TPSA) is 48.7 Å². The van der Waals surface area contributed by atoms with Crippen molar-refractivity contribution < 1.29 is 9.47 Å². The lowest BCUT2D eigenvalue weighted by molar-refractivity contribution is 0.469. The summed E-state index contributed by atoms with van der Waals surface area (Å²) in [6, 6.07) is 47.5. The molecular weight excluding hydrogens is 529 g/mol. The van der Waals surface area contributed by atoms with Crippen molar-refractivity contribution in [3.05, 3.63) is 139 Å². The van der Waals surface area contributed by atoms with Gasteiger partial charge in [0, 0.05) is 28.6 Å². The molecule has 200 valence electrons. The highest BCUT2D eigenvalue weighted by Crippen LogP contribution is 2.57. The smallest absolute Gasteiger partial charge is 0.256 e. The van der Waals surface area contributed by atoms with E-state index in [0.717, 1.165) is 68.0 Å². The fraction of sp³-hybridized carbons (Fsp3) is 0. The summed E-state index contributed by atoms with van der Waals surface area (Å²) in [4.78, 5) is 4.51. The van der Waals surface area contributed by atoms with Gasteiger partial charge in [0.1, 0.15) is 11.5 Å². The lowest BCUT2D eigenvalue weighted by atomic mass is 9.34. The van der Waals surface area contributed by atoms with E-state index in [1.54, 1.807) is 0 Å². The Kier molecular flexibility index (Phi) is 4.99. The summed E-state index contributed by atoms with van der Waals surface area (Å²) in [6.45, 7) is -0.0273. The summed E-state index contributed by atoms with van der Waals surface area (Å²) in [5.74, 6) is 3.18. The molecule has 0 radical (unpaired) electrons. The standard InChI is InChI=1S/C37H22BN3O2/c39-23-24-18-20-26(21-19-24)40-30-15-7-9-17-33(30)43-37-31(40)22-34-35-36(37)41(25-10-2-1-3-11-25)29-14-6-4-12-27(29)38(35)28-13-5-8-16-32(28)42-34/h1-22H. The maximum absolute atomic E-state index is 9.48. The number of hydrogen-bond donors (Lipinski definition) is 0. The molecule has 0 aromatic heterocycles. The lowest BCUT2D eigenvalue weighted by Gasteiger charge is -2.43. The number of ether oxygens (including phenoxy) is 2. The maximum atomic E-state index is 9.48. The van der Waals surface area contributed by atoms with Gasteiger partial charge in [0.2, 0.25) is 0 Å². The van der Waals surface area contributed by atoms with Crippen LogP contribution in [0.4, 0.5) is 34.1 Å². The van der Waals surface area contributed by atoms with Crippen molar-refractivity contribution in [3.63, 3.8) is 0 Å². The van der Waals surface area contributed by atoms with Gasteiger partial charge in [0.25, 0.3) is 6.71 Å². The number of fused-ring (bicyclic) bond motifs is 7. The molecule has 0 aliphatic carbocycles. The van der Waals surface area contributed by atoms with Crippen molar-refractivity contribution >= 4 is 57.2 Å². The van der Waals surface area contributed by atoms with Crippen LogP contribution in [0.15, 0.2) is 133 Å². The minimum atomic E-state index is -0.0273. The molecule has 3 heterocycles. The second-order valence-electron chi connectivity index (χ2n) is 10.9. The fourth-order valence-electron chi connectivity index (χ4n) is 6.72. The Balaban J connectivity index is 1.40. The summed E-state index contributed by atoms with van der Waals surface area (Å²) in [6.07, 6.45) is 0. The number of rotatable bonds is 2. The van der Waals surface area contributed by atoms with Crippen LogP contribution in [0, 0.1) is 11.3 Å². The van der Waals surface area contributed by atoms with Gasteiger partial charge in [0.15, 0.2) is 11.5 Å². The molecule has 0 saturated carbocycles. The summed E-state index contributed by atoms with van der Waals surface area (Å²) < 4.78 is 13.7. The molecule has 6 aromatic carbocycles. The molecule has 0 unspecified atom stereocenters. The van der Waals surface area contributed by atoms with E-state index < -0.39 is 0 Å². The monoisotopic (exact) mass is 551 g/mol. The Labute approximate surface area is 249 Å². The van der Waals surface area contributed by atoms with Gasteiger partial charge in [-0.15, -0.1) is 0 Å². The first-order chi connectivity index (χ1) is 21.3. The zero-order valence-corrected chi connectivity index (χ0v) is 22.9. The van der Waals surface area contributed by atoms with Crippen molar-refractivity contribution in [1.29, 1.82) is 5.26 Å². The van der Waals surface area contributed by atoms with E-state index in [0.29, 0.717) is 5.56 Å². The first-order valence-electron chi connectivity index (χ1n) is 14.3. The maximum Gasteiger partial charge on any atom is 0.256 e. The van der Waals surface area contributed by atoms with E-state index >= 15 is 0 Å². The quantitative estimate of drug-likeness (QED) is 0.208. The van der Waals surface area contributed by atoms with E-state index in [4.69, 9.17) is 9.47 Å². The van der Waals surface area contributed by atoms with Crippen LogP contribution >= 0.6 is 0 Å². The van der Waals surface area contributed by atoms with Crippen LogP contribution in [0.3, 0.4) is 0 Å². The number of nitriles is 1. The fourth-order valence-corrected chi connectivity index (χ4v) is 6.72. The van der Waals surface area contributed by atoms with Crippen LogP contribution in [0.1, 0.15) is 5.56 Å². The predicted octanol–water partition coefficient (Wildman–Crippen LogP) is 7.54. The number of anilines is 6. The average Bonchev–Trinajstić information content (AvgIpc) is 3.07. The second-order valence-corrected chi connectivity index (χ2v) is 10.9. The summed E-state index contributed by atoms with van der Waals surface area (Å²) in [7, 11) is 0. The van der Waals surface area contributed by atoms with E-state index in [9.17, 15) is 5.26 Å². The molecular formula is C37H22BN3O2. The third kappa shape index (κ3) is 3.40. The van der Waals surface area contributed by atoms with E-state index in [2.05, 4.69) is 88.7 Å². The first kappa shape index (κ1) is 23.7. The molecule has 6 heteroatoms. The Hall–Kier alpha value is -5.93. The molecule has 0 bridgehead atoms. The molecule has 0 atom stereocenters. The van der Waals surface area contributed by atoms with E-state index in [1.807, 2.05) is 60.7 Å². The highest BCUT2D eigenvalue weighted by atomic mass is 16.5. The largest absolute Gasteiger partial charge is 0.458 e. The molecule has 9 rings (SSSR count). The zero-order valence-electron chi connectivity index (χ0n) is 22.9. The van der Waals surface area contributed by atoms with Crippen molar-refractivity contribution in [3.8, 4) is 29.1 Å². The van der Waals surface area contributed by atoms with Gasteiger partial charge >= 0.3 is 0 Å². The highest BCUT2D eigenvalue weighted by Gasteiger charge is 2.45. The van der Waals surface area contributed by atoms with Crippen LogP contribution < -0.4 is 35.7 Å². The summed E-state index contributed by atoms with van der Waals surface area (Å²) in [5.41, 5.74) is 9.87. The molecule has 3 aliphatic heterocycles. The summed E-state index contributed by atoms with van der Waals surface area (Å²) >= 11 is 0. The minimum Gasteiger partial charge on any atom is -0.458 e. The van der Waals surface area contributed by atoms with Gasteiger partial charge in [-0.05, 0) is 71.6 Å². The van der Waals surface area contributed by atoms with Crippen LogP contribution in [0.25, 0.3) is 0 Å². The number of para-hydroxylation sites is 5. The van der Waals surface area contributed by atoms with Crippen molar-refractivity contribution in [2.45, 2.75) is 0 Å². The van der Waals surface area contributed by atoms with Gasteiger partial charge in [0.05, 0.1) is 28.7 Å². The molecule has 0 saturated heterocycles. The van der Waals surface area contributed by atoms with Gasteiger partial charge in [-0.3, -0.25) is 0 Å². The van der Waals surface area contributed by atoms with Gasteiger partial charge in [-0.1, -0.05) is 66.7 Å². The van der Waals surface area contributed by atoms with Crippen LogP contribution in [-0.2, 0) is 0 Å². The van der Waals surface area contributed by atoms with Crippen LogP contribution in [0.5, 0.6) is 23.0 Å². The molecule has 5 nitrogen and oxygen atoms in total. The van der Waals surface area contributed by atoms with E-state index in [1.165, 1.54) is 5.46 Å². The SMILES string of the molecule is N#Cc1ccc(N2c3ccccc3Oc3c2cc2c4c3N(c3ccccc3)c3ccccc3B4c3ccccc3O2)cc1. The summed E-state index contributed by atoms with van der Waals surface area (Å²) in [5, 5.41) is 9.48. The van der Waals surface area contributed by atoms with Gasteiger partial charge < -0.3 is 19.3 Å². The van der Waals surface area contributed by atoms with Gasteiger partial charge in [-0.2, -0.15) is 5.26 Å². The molecule has 43 heavy (non-hydrogen) atoms. The minimum absolute atomic E-state index is 0.0273. The van der Waals surface area contributed by atoms with Crippen molar-refractivity contribution in [1.82, 2.24) is 0 Å². The average molecular weight is 551 g/mol. The molecule has 3 aliphatic rings. The Bertz CT molecular complexity index is 2120. The molecule has 6 aromatic rings. The number of hydrogen-bond acceptors (Lipinski definition) is 5.